The van der Waals surface area contributed by atoms with Crippen molar-refractivity contribution in [2.75, 3.05) is 6.67 Å². The first-order valence-electron chi connectivity index (χ1n) is 6.68. The number of carbonyl (C=O) groups is 1. The molecule has 120 valence electrons. The molecule has 0 radical (unpaired) electrons. The predicted molar refractivity (Wildman–Crippen MR) is 76.4 cm³/mol. The number of fused-ring (bicyclic) bond motifs is 1. The highest BCUT2D eigenvalue weighted by atomic mass is 35.5. The van der Waals surface area contributed by atoms with Crippen LogP contribution in [0.15, 0.2) is 17.7 Å². The monoisotopic (exact) mass is 334 g/mol. The van der Waals surface area contributed by atoms with Crippen molar-refractivity contribution in [3.63, 3.8) is 0 Å². The minimum atomic E-state index is -3.62. The summed E-state index contributed by atoms with van der Waals surface area (Å²) in [6.07, 6.45) is -1.47. The number of carboxylic acid groups (broad SMARTS) is 1. The second-order valence-electron chi connectivity index (χ2n) is 4.94. The van der Waals surface area contributed by atoms with Crippen LogP contribution in [0.5, 0.6) is 5.75 Å². The maximum Gasteiger partial charge on any atom is 0.335 e. The number of benzene rings is 1. The fourth-order valence-corrected chi connectivity index (χ4v) is 2.58. The summed E-state index contributed by atoms with van der Waals surface area (Å²) in [6, 6.07) is 2.98. The highest BCUT2D eigenvalue weighted by Gasteiger charge is 2.47. The molecule has 22 heavy (non-hydrogen) atoms. The Morgan fingerprint density at radius 1 is 1.45 bits per heavy atom. The fraction of sp³-hybridized carbons (Fsp3) is 0.400. The van der Waals surface area contributed by atoms with E-state index in [9.17, 15) is 18.0 Å². The molecule has 3 nitrogen and oxygen atoms in total. The third-order valence-electron chi connectivity index (χ3n) is 3.46. The second-order valence-corrected chi connectivity index (χ2v) is 5.34. The molecule has 1 heterocycles. The number of alkyl halides is 3. The number of carboxylic acids is 1. The molecule has 0 saturated heterocycles. The van der Waals surface area contributed by atoms with E-state index in [1.54, 1.807) is 0 Å². The first kappa shape index (κ1) is 16.7. The Bertz CT molecular complexity index is 629. The number of hydrogen-bond acceptors (Lipinski definition) is 2. The van der Waals surface area contributed by atoms with Crippen molar-refractivity contribution in [2.45, 2.75) is 31.8 Å². The van der Waals surface area contributed by atoms with Crippen LogP contribution in [-0.4, -0.2) is 29.8 Å². The molecule has 1 unspecified atom stereocenters. The Hall–Kier alpha value is -1.69. The van der Waals surface area contributed by atoms with Gasteiger partial charge in [-0.1, -0.05) is 18.5 Å². The second kappa shape index (κ2) is 6.20. The molecular weight excluding hydrogens is 321 g/mol. The first-order chi connectivity index (χ1) is 10.3. The minimum Gasteiger partial charge on any atom is -0.478 e. The summed E-state index contributed by atoms with van der Waals surface area (Å²) in [5.74, 6) is -5.04. The van der Waals surface area contributed by atoms with Crippen LogP contribution in [0.2, 0.25) is 5.02 Å². The summed E-state index contributed by atoms with van der Waals surface area (Å²) < 4.78 is 45.5. The quantitative estimate of drug-likeness (QED) is 0.880. The van der Waals surface area contributed by atoms with Gasteiger partial charge in [-0.25, -0.2) is 13.6 Å². The van der Waals surface area contributed by atoms with Crippen molar-refractivity contribution in [3.05, 3.63) is 33.9 Å². The summed E-state index contributed by atoms with van der Waals surface area (Å²) in [5.41, 5.74) is 0.387. The molecule has 1 N–H and O–H groups in total. The summed E-state index contributed by atoms with van der Waals surface area (Å²) in [4.78, 5) is 11.2. The van der Waals surface area contributed by atoms with Gasteiger partial charge in [-0.05, 0) is 30.2 Å². The number of aliphatic carboxylic acids is 1. The van der Waals surface area contributed by atoms with Gasteiger partial charge in [0.1, 0.15) is 5.75 Å². The molecule has 1 aromatic rings. The normalized spacial score (nSPS) is 17.5. The predicted octanol–water partition coefficient (Wildman–Crippen LogP) is 4.13. The van der Waals surface area contributed by atoms with Crippen molar-refractivity contribution in [1.82, 2.24) is 0 Å². The van der Waals surface area contributed by atoms with Gasteiger partial charge in [0.25, 0.3) is 5.92 Å². The van der Waals surface area contributed by atoms with Crippen LogP contribution in [0.3, 0.4) is 0 Å². The summed E-state index contributed by atoms with van der Waals surface area (Å²) in [7, 11) is 0. The van der Waals surface area contributed by atoms with Gasteiger partial charge < -0.3 is 9.84 Å². The molecule has 1 atom stereocenters. The zero-order chi connectivity index (χ0) is 16.5. The molecule has 1 aromatic carbocycles. The molecule has 1 aliphatic heterocycles. The van der Waals surface area contributed by atoms with Crippen LogP contribution in [0.1, 0.15) is 24.5 Å². The maximum atomic E-state index is 14.0. The van der Waals surface area contributed by atoms with E-state index in [1.807, 2.05) is 6.92 Å². The van der Waals surface area contributed by atoms with Crippen molar-refractivity contribution >= 4 is 23.6 Å². The Balaban J connectivity index is 2.52. The van der Waals surface area contributed by atoms with Gasteiger partial charge in [-0.3, -0.25) is 4.39 Å². The molecule has 0 aliphatic carbocycles. The highest BCUT2D eigenvalue weighted by Crippen LogP contribution is 2.40. The minimum absolute atomic E-state index is 0.120. The van der Waals surface area contributed by atoms with Crippen LogP contribution in [0.4, 0.5) is 13.2 Å². The van der Waals surface area contributed by atoms with Crippen LogP contribution in [0.25, 0.3) is 6.08 Å². The Kier molecular flexibility index (Phi) is 4.70. The zero-order valence-electron chi connectivity index (χ0n) is 11.7. The van der Waals surface area contributed by atoms with Gasteiger partial charge in [0.05, 0.1) is 12.2 Å². The van der Waals surface area contributed by atoms with Gasteiger partial charge in [-0.2, -0.15) is 0 Å². The van der Waals surface area contributed by atoms with Crippen LogP contribution in [0, 0.1) is 0 Å². The van der Waals surface area contributed by atoms with E-state index in [-0.39, 0.29) is 5.75 Å². The Morgan fingerprint density at radius 2 is 2.14 bits per heavy atom. The van der Waals surface area contributed by atoms with E-state index in [0.29, 0.717) is 22.6 Å². The summed E-state index contributed by atoms with van der Waals surface area (Å²) >= 11 is 6.03. The zero-order valence-corrected chi connectivity index (χ0v) is 12.5. The van der Waals surface area contributed by atoms with Gasteiger partial charge >= 0.3 is 5.97 Å². The standard InChI is InChI=1S/C15H14ClF3O3/c1-2-8-7-12-9(6-11(8)16)5-10(14(20)21)13(22-12)15(18,19)3-4-17/h5-7,13H,2-4H2,1H3,(H,20,21). The highest BCUT2D eigenvalue weighted by molar-refractivity contribution is 6.31. The van der Waals surface area contributed by atoms with Gasteiger partial charge in [0.2, 0.25) is 0 Å². The maximum absolute atomic E-state index is 14.0. The third kappa shape index (κ3) is 3.06. The van der Waals surface area contributed by atoms with Crippen molar-refractivity contribution in [1.29, 1.82) is 0 Å². The molecule has 0 fully saturated rings. The smallest absolute Gasteiger partial charge is 0.335 e. The SMILES string of the molecule is CCc1cc2c(cc1Cl)C=C(C(=O)O)C(C(F)(F)CCF)O2. The van der Waals surface area contributed by atoms with E-state index in [1.165, 1.54) is 12.1 Å². The third-order valence-corrected chi connectivity index (χ3v) is 3.81. The summed E-state index contributed by atoms with van der Waals surface area (Å²) in [6.45, 7) is 0.567. The Morgan fingerprint density at radius 3 is 2.68 bits per heavy atom. The Labute approximate surface area is 130 Å². The molecule has 0 saturated carbocycles. The average Bonchev–Trinajstić information content (AvgIpc) is 2.45. The number of ether oxygens (including phenoxy) is 1. The largest absolute Gasteiger partial charge is 0.478 e. The molecule has 1 aliphatic rings. The lowest BCUT2D eigenvalue weighted by Gasteiger charge is -2.31. The van der Waals surface area contributed by atoms with Crippen molar-refractivity contribution in [3.8, 4) is 5.75 Å². The topological polar surface area (TPSA) is 46.5 Å². The summed E-state index contributed by atoms with van der Waals surface area (Å²) in [5, 5.41) is 9.53. The van der Waals surface area contributed by atoms with E-state index in [2.05, 4.69) is 0 Å². The van der Waals surface area contributed by atoms with Gasteiger partial charge in [-0.15, -0.1) is 0 Å². The molecule has 0 spiro atoms. The lowest BCUT2D eigenvalue weighted by atomic mass is 9.95. The molecule has 0 amide bonds. The van der Waals surface area contributed by atoms with E-state index < -0.39 is 36.7 Å². The molecule has 0 bridgehead atoms. The number of aryl methyl sites for hydroxylation is 1. The van der Waals surface area contributed by atoms with E-state index in [0.717, 1.165) is 6.08 Å². The van der Waals surface area contributed by atoms with Crippen LogP contribution >= 0.6 is 11.6 Å². The fourth-order valence-electron chi connectivity index (χ4n) is 2.28. The van der Waals surface area contributed by atoms with Crippen molar-refractivity contribution < 1.29 is 27.8 Å². The van der Waals surface area contributed by atoms with Crippen LogP contribution < -0.4 is 4.74 Å². The van der Waals surface area contributed by atoms with E-state index >= 15 is 0 Å². The van der Waals surface area contributed by atoms with Crippen LogP contribution in [-0.2, 0) is 11.2 Å². The van der Waals surface area contributed by atoms with Gasteiger partial charge in [0.15, 0.2) is 6.10 Å². The van der Waals surface area contributed by atoms with Crippen molar-refractivity contribution in [2.24, 2.45) is 0 Å². The number of halogens is 4. The number of hydrogen-bond donors (Lipinski definition) is 1. The molecule has 2 rings (SSSR count). The first-order valence-corrected chi connectivity index (χ1v) is 7.05. The molecule has 7 heteroatoms. The lowest BCUT2D eigenvalue weighted by Crippen LogP contribution is -2.43. The lowest BCUT2D eigenvalue weighted by molar-refractivity contribution is -0.138. The number of rotatable bonds is 5. The molecule has 0 aromatic heterocycles. The van der Waals surface area contributed by atoms with Gasteiger partial charge in [0, 0.05) is 17.0 Å². The average molecular weight is 335 g/mol. The van der Waals surface area contributed by atoms with E-state index in [4.69, 9.17) is 21.4 Å². The molecular formula is C15H14ClF3O3.